The van der Waals surface area contributed by atoms with Gasteiger partial charge in [0, 0.05) is 11.8 Å². The third-order valence-electron chi connectivity index (χ3n) is 3.47. The standard InChI is InChI=1S/C15H20N2S/c1-3-15(16,4-2)14-17-13(11-18-14)10-12-8-6-5-7-9-12/h5-9,11H,3-4,10,16H2,1-2H3. The van der Waals surface area contributed by atoms with Crippen molar-refractivity contribution in [2.45, 2.75) is 38.6 Å². The van der Waals surface area contributed by atoms with E-state index in [4.69, 9.17) is 10.7 Å². The minimum Gasteiger partial charge on any atom is -0.319 e. The van der Waals surface area contributed by atoms with Crippen molar-refractivity contribution in [2.75, 3.05) is 0 Å². The molecule has 0 fully saturated rings. The fraction of sp³-hybridized carbons (Fsp3) is 0.400. The summed E-state index contributed by atoms with van der Waals surface area (Å²) in [6, 6.07) is 10.4. The molecule has 1 aromatic heterocycles. The number of hydrogen-bond donors (Lipinski definition) is 1. The van der Waals surface area contributed by atoms with E-state index in [0.717, 1.165) is 30.0 Å². The van der Waals surface area contributed by atoms with E-state index in [9.17, 15) is 0 Å². The van der Waals surface area contributed by atoms with Crippen LogP contribution in [0.1, 0.15) is 43.0 Å². The molecule has 0 saturated heterocycles. The van der Waals surface area contributed by atoms with Crippen LogP contribution in [0.3, 0.4) is 0 Å². The molecule has 2 nitrogen and oxygen atoms in total. The Labute approximate surface area is 113 Å². The molecule has 96 valence electrons. The predicted molar refractivity (Wildman–Crippen MR) is 77.8 cm³/mol. The largest absolute Gasteiger partial charge is 0.319 e. The lowest BCUT2D eigenvalue weighted by atomic mass is 9.95. The zero-order valence-electron chi connectivity index (χ0n) is 11.0. The van der Waals surface area contributed by atoms with Crippen molar-refractivity contribution in [3.63, 3.8) is 0 Å². The molecule has 0 radical (unpaired) electrons. The van der Waals surface area contributed by atoms with Crippen molar-refractivity contribution in [3.05, 3.63) is 52.0 Å². The molecule has 0 bridgehead atoms. The zero-order chi connectivity index (χ0) is 13.0. The van der Waals surface area contributed by atoms with Crippen LogP contribution >= 0.6 is 11.3 Å². The maximum absolute atomic E-state index is 6.37. The van der Waals surface area contributed by atoms with E-state index in [1.54, 1.807) is 11.3 Å². The lowest BCUT2D eigenvalue weighted by molar-refractivity contribution is 0.410. The summed E-state index contributed by atoms with van der Waals surface area (Å²) in [5.41, 5.74) is 8.54. The van der Waals surface area contributed by atoms with Gasteiger partial charge < -0.3 is 5.73 Å². The molecule has 0 atom stereocenters. The van der Waals surface area contributed by atoms with E-state index < -0.39 is 0 Å². The summed E-state index contributed by atoms with van der Waals surface area (Å²) < 4.78 is 0. The van der Waals surface area contributed by atoms with Crippen LogP contribution in [0.2, 0.25) is 0 Å². The van der Waals surface area contributed by atoms with Gasteiger partial charge in [-0.15, -0.1) is 11.3 Å². The van der Waals surface area contributed by atoms with Gasteiger partial charge in [0.15, 0.2) is 0 Å². The molecule has 2 rings (SSSR count). The molecule has 0 saturated carbocycles. The molecule has 0 aliphatic heterocycles. The molecule has 3 heteroatoms. The van der Waals surface area contributed by atoms with Crippen LogP contribution < -0.4 is 5.73 Å². The molecular weight excluding hydrogens is 240 g/mol. The maximum atomic E-state index is 6.37. The Balaban J connectivity index is 2.16. The smallest absolute Gasteiger partial charge is 0.113 e. The normalized spacial score (nSPS) is 11.7. The molecule has 0 unspecified atom stereocenters. The first kappa shape index (κ1) is 13.2. The SMILES string of the molecule is CCC(N)(CC)c1nc(Cc2ccccc2)cs1. The highest BCUT2D eigenvalue weighted by molar-refractivity contribution is 7.09. The van der Waals surface area contributed by atoms with Crippen LogP contribution in [0.25, 0.3) is 0 Å². The van der Waals surface area contributed by atoms with Gasteiger partial charge in [0.05, 0.1) is 11.2 Å². The van der Waals surface area contributed by atoms with Gasteiger partial charge in [-0.25, -0.2) is 4.98 Å². The van der Waals surface area contributed by atoms with Gasteiger partial charge in [-0.1, -0.05) is 44.2 Å². The van der Waals surface area contributed by atoms with Crippen LogP contribution in [-0.4, -0.2) is 4.98 Å². The number of thiazole rings is 1. The van der Waals surface area contributed by atoms with E-state index in [0.29, 0.717) is 0 Å². The fourth-order valence-corrected chi connectivity index (χ4v) is 3.05. The maximum Gasteiger partial charge on any atom is 0.113 e. The highest BCUT2D eigenvalue weighted by Gasteiger charge is 2.26. The van der Waals surface area contributed by atoms with E-state index in [-0.39, 0.29) is 5.54 Å². The van der Waals surface area contributed by atoms with Crippen molar-refractivity contribution < 1.29 is 0 Å². The van der Waals surface area contributed by atoms with Gasteiger partial charge in [-0.3, -0.25) is 0 Å². The van der Waals surface area contributed by atoms with E-state index in [1.807, 2.05) is 6.07 Å². The lowest BCUT2D eigenvalue weighted by Gasteiger charge is -2.23. The molecule has 2 N–H and O–H groups in total. The van der Waals surface area contributed by atoms with Gasteiger partial charge in [0.2, 0.25) is 0 Å². The van der Waals surface area contributed by atoms with Gasteiger partial charge in [0.25, 0.3) is 0 Å². The number of benzene rings is 1. The van der Waals surface area contributed by atoms with Crippen molar-refractivity contribution >= 4 is 11.3 Å². The number of aromatic nitrogens is 1. The Morgan fingerprint density at radius 3 is 2.44 bits per heavy atom. The number of rotatable bonds is 5. The average Bonchev–Trinajstić information content (AvgIpc) is 2.88. The molecule has 0 amide bonds. The molecular formula is C15H20N2S. The van der Waals surface area contributed by atoms with Crippen molar-refractivity contribution in [1.82, 2.24) is 4.98 Å². The first-order valence-corrected chi connectivity index (χ1v) is 7.33. The highest BCUT2D eigenvalue weighted by atomic mass is 32.1. The zero-order valence-corrected chi connectivity index (χ0v) is 11.8. The van der Waals surface area contributed by atoms with Gasteiger partial charge in [-0.05, 0) is 18.4 Å². The van der Waals surface area contributed by atoms with E-state index in [2.05, 4.69) is 43.5 Å². The Bertz CT molecular complexity index is 486. The Morgan fingerprint density at radius 2 is 1.83 bits per heavy atom. The van der Waals surface area contributed by atoms with Crippen LogP contribution in [0, 0.1) is 0 Å². The molecule has 0 spiro atoms. The molecule has 2 aromatic rings. The van der Waals surface area contributed by atoms with E-state index in [1.165, 1.54) is 5.56 Å². The van der Waals surface area contributed by atoms with Gasteiger partial charge in [-0.2, -0.15) is 0 Å². The number of nitrogens with zero attached hydrogens (tertiary/aromatic N) is 1. The molecule has 0 aliphatic rings. The quantitative estimate of drug-likeness (QED) is 0.890. The summed E-state index contributed by atoms with van der Waals surface area (Å²) in [6.07, 6.45) is 2.75. The van der Waals surface area contributed by atoms with Crippen LogP contribution in [0.5, 0.6) is 0 Å². The molecule has 18 heavy (non-hydrogen) atoms. The second-order valence-corrected chi connectivity index (χ2v) is 5.53. The molecule has 1 heterocycles. The van der Waals surface area contributed by atoms with E-state index >= 15 is 0 Å². The summed E-state index contributed by atoms with van der Waals surface area (Å²) in [4.78, 5) is 4.71. The minimum atomic E-state index is -0.250. The second-order valence-electron chi connectivity index (χ2n) is 4.67. The summed E-state index contributed by atoms with van der Waals surface area (Å²) in [5.74, 6) is 0. The minimum absolute atomic E-state index is 0.250. The van der Waals surface area contributed by atoms with Crippen LogP contribution in [0.4, 0.5) is 0 Å². The summed E-state index contributed by atoms with van der Waals surface area (Å²) in [7, 11) is 0. The second kappa shape index (κ2) is 5.63. The Morgan fingerprint density at radius 1 is 1.17 bits per heavy atom. The number of hydrogen-bond acceptors (Lipinski definition) is 3. The third-order valence-corrected chi connectivity index (χ3v) is 4.58. The fourth-order valence-electron chi connectivity index (χ4n) is 1.97. The average molecular weight is 260 g/mol. The summed E-state index contributed by atoms with van der Waals surface area (Å²) in [5, 5.41) is 3.20. The third kappa shape index (κ3) is 2.79. The highest BCUT2D eigenvalue weighted by Crippen LogP contribution is 2.29. The van der Waals surface area contributed by atoms with Crippen LogP contribution in [0.15, 0.2) is 35.7 Å². The van der Waals surface area contributed by atoms with Crippen LogP contribution in [-0.2, 0) is 12.0 Å². The Kier molecular flexibility index (Phi) is 4.15. The lowest BCUT2D eigenvalue weighted by Crippen LogP contribution is -2.34. The van der Waals surface area contributed by atoms with Gasteiger partial charge in [0.1, 0.15) is 5.01 Å². The number of nitrogens with two attached hydrogens (primary N) is 1. The Hall–Kier alpha value is -1.19. The summed E-state index contributed by atoms with van der Waals surface area (Å²) >= 11 is 1.69. The topological polar surface area (TPSA) is 38.9 Å². The van der Waals surface area contributed by atoms with Crippen molar-refractivity contribution in [2.24, 2.45) is 5.73 Å². The monoisotopic (exact) mass is 260 g/mol. The molecule has 1 aromatic carbocycles. The first-order chi connectivity index (χ1) is 8.68. The molecule has 0 aliphatic carbocycles. The van der Waals surface area contributed by atoms with Gasteiger partial charge >= 0.3 is 0 Å². The first-order valence-electron chi connectivity index (χ1n) is 6.45. The van der Waals surface area contributed by atoms with Crippen molar-refractivity contribution in [3.8, 4) is 0 Å². The predicted octanol–water partition coefficient (Wildman–Crippen LogP) is 3.71. The summed E-state index contributed by atoms with van der Waals surface area (Å²) in [6.45, 7) is 4.25. The van der Waals surface area contributed by atoms with Crippen molar-refractivity contribution in [1.29, 1.82) is 0 Å².